The van der Waals surface area contributed by atoms with E-state index >= 15 is 0 Å². The molecule has 0 bridgehead atoms. The van der Waals surface area contributed by atoms with E-state index in [4.69, 9.17) is 9.47 Å². The summed E-state index contributed by atoms with van der Waals surface area (Å²) in [6.45, 7) is 9.25. The molecule has 24 heavy (non-hydrogen) atoms. The number of para-hydroxylation sites is 1. The number of urea groups is 1. The quantitative estimate of drug-likeness (QED) is 0.826. The second-order valence-electron chi connectivity index (χ2n) is 6.65. The first kappa shape index (κ1) is 18.5. The van der Waals surface area contributed by atoms with Crippen molar-refractivity contribution in [1.29, 1.82) is 0 Å². The minimum atomic E-state index is -0.0825. The molecule has 0 radical (unpaired) electrons. The van der Waals surface area contributed by atoms with E-state index in [2.05, 4.69) is 24.1 Å². The Kier molecular flexibility index (Phi) is 6.87. The van der Waals surface area contributed by atoms with Crippen LogP contribution in [0.1, 0.15) is 13.8 Å². The normalized spacial score (nSPS) is 15.8. The second-order valence-corrected chi connectivity index (χ2v) is 6.65. The second kappa shape index (κ2) is 8.89. The molecule has 0 spiro atoms. The Hall–Kier alpha value is -1.79. The average molecular weight is 335 g/mol. The minimum absolute atomic E-state index is 0.0759. The highest BCUT2D eigenvalue weighted by atomic mass is 16.5. The van der Waals surface area contributed by atoms with Gasteiger partial charge < -0.3 is 19.7 Å². The molecular weight excluding hydrogens is 306 g/mol. The van der Waals surface area contributed by atoms with Gasteiger partial charge in [0.15, 0.2) is 0 Å². The van der Waals surface area contributed by atoms with Crippen molar-refractivity contribution >= 4 is 6.03 Å². The van der Waals surface area contributed by atoms with Gasteiger partial charge in [-0.3, -0.25) is 4.90 Å². The highest BCUT2D eigenvalue weighted by Crippen LogP contribution is 2.15. The number of benzene rings is 1. The van der Waals surface area contributed by atoms with Gasteiger partial charge in [-0.15, -0.1) is 0 Å². The Balaban J connectivity index is 1.69. The zero-order valence-corrected chi connectivity index (χ0v) is 15.0. The van der Waals surface area contributed by atoms with Crippen LogP contribution in [-0.4, -0.2) is 74.4 Å². The molecule has 1 fully saturated rings. The van der Waals surface area contributed by atoms with E-state index in [1.165, 1.54) is 0 Å². The molecule has 2 rings (SSSR count). The lowest BCUT2D eigenvalue weighted by Crippen LogP contribution is -2.56. The molecule has 0 saturated carbocycles. The molecule has 0 aromatic heterocycles. The molecule has 1 aliphatic rings. The van der Waals surface area contributed by atoms with Crippen molar-refractivity contribution in [3.8, 4) is 5.75 Å². The van der Waals surface area contributed by atoms with E-state index in [0.717, 1.165) is 32.1 Å². The van der Waals surface area contributed by atoms with Crippen molar-refractivity contribution in [2.75, 3.05) is 53.0 Å². The number of hydrogen-bond acceptors (Lipinski definition) is 4. The van der Waals surface area contributed by atoms with Gasteiger partial charge in [-0.25, -0.2) is 4.79 Å². The molecule has 6 nitrogen and oxygen atoms in total. The zero-order valence-electron chi connectivity index (χ0n) is 15.0. The number of ether oxygens (including phenoxy) is 2. The van der Waals surface area contributed by atoms with Crippen molar-refractivity contribution in [2.45, 2.75) is 19.4 Å². The van der Waals surface area contributed by atoms with Crippen LogP contribution >= 0.6 is 0 Å². The molecule has 0 unspecified atom stereocenters. The lowest BCUT2D eigenvalue weighted by molar-refractivity contribution is -0.00900. The van der Waals surface area contributed by atoms with E-state index in [9.17, 15) is 4.79 Å². The van der Waals surface area contributed by atoms with Crippen LogP contribution in [-0.2, 0) is 4.74 Å². The van der Waals surface area contributed by atoms with E-state index in [0.29, 0.717) is 19.7 Å². The number of carbonyl (C=O) groups excluding carboxylic acids is 1. The highest BCUT2D eigenvalue weighted by molar-refractivity contribution is 5.73. The van der Waals surface area contributed by atoms with Gasteiger partial charge in [0.1, 0.15) is 12.4 Å². The number of amides is 2. The van der Waals surface area contributed by atoms with Crippen molar-refractivity contribution in [3.05, 3.63) is 30.3 Å². The maximum atomic E-state index is 12.2. The van der Waals surface area contributed by atoms with Crippen LogP contribution in [0.2, 0.25) is 0 Å². The Bertz CT molecular complexity index is 501. The summed E-state index contributed by atoms with van der Waals surface area (Å²) in [5.41, 5.74) is -0.0825. The summed E-state index contributed by atoms with van der Waals surface area (Å²) in [6.07, 6.45) is 0. The molecule has 2 amide bonds. The molecule has 1 heterocycles. The molecular formula is C18H29N3O3. The molecule has 0 atom stereocenters. The van der Waals surface area contributed by atoms with Crippen molar-refractivity contribution in [2.24, 2.45) is 0 Å². The first-order chi connectivity index (χ1) is 11.5. The smallest absolute Gasteiger partial charge is 0.317 e. The van der Waals surface area contributed by atoms with E-state index < -0.39 is 0 Å². The summed E-state index contributed by atoms with van der Waals surface area (Å²) in [5, 5.41) is 3.02. The topological polar surface area (TPSA) is 54.0 Å². The fourth-order valence-corrected chi connectivity index (χ4v) is 2.63. The first-order valence-electron chi connectivity index (χ1n) is 8.49. The van der Waals surface area contributed by atoms with Gasteiger partial charge in [-0.2, -0.15) is 0 Å². The minimum Gasteiger partial charge on any atom is -0.492 e. The standard InChI is InChI=1S/C18H29N3O3/c1-18(2,21-10-12-23-13-11-21)15-19-17(22)20(3)9-14-24-16-7-5-4-6-8-16/h4-8H,9-15H2,1-3H3,(H,19,22). The molecule has 134 valence electrons. The fraction of sp³-hybridized carbons (Fsp3) is 0.611. The third kappa shape index (κ3) is 5.69. The number of nitrogens with zero attached hydrogens (tertiary/aromatic N) is 2. The molecule has 6 heteroatoms. The lowest BCUT2D eigenvalue weighted by atomic mass is 10.0. The number of likely N-dealkylation sites (N-methyl/N-ethyl adjacent to an activating group) is 1. The van der Waals surface area contributed by atoms with Gasteiger partial charge in [0.25, 0.3) is 0 Å². The van der Waals surface area contributed by atoms with Crippen LogP contribution < -0.4 is 10.1 Å². The van der Waals surface area contributed by atoms with Gasteiger partial charge in [0.2, 0.25) is 0 Å². The van der Waals surface area contributed by atoms with Crippen LogP contribution in [0.25, 0.3) is 0 Å². The van der Waals surface area contributed by atoms with Crippen molar-refractivity contribution in [1.82, 2.24) is 15.1 Å². The summed E-state index contributed by atoms with van der Waals surface area (Å²) in [4.78, 5) is 16.2. The summed E-state index contributed by atoms with van der Waals surface area (Å²) < 4.78 is 11.0. The van der Waals surface area contributed by atoms with Crippen LogP contribution in [0.4, 0.5) is 4.79 Å². The van der Waals surface area contributed by atoms with Crippen LogP contribution in [0.3, 0.4) is 0 Å². The third-order valence-corrected chi connectivity index (χ3v) is 4.32. The van der Waals surface area contributed by atoms with Gasteiger partial charge in [-0.1, -0.05) is 18.2 Å². The first-order valence-corrected chi connectivity index (χ1v) is 8.49. The highest BCUT2D eigenvalue weighted by Gasteiger charge is 2.28. The zero-order chi connectivity index (χ0) is 17.4. The number of morpholine rings is 1. The van der Waals surface area contributed by atoms with E-state index in [1.54, 1.807) is 11.9 Å². The predicted octanol–water partition coefficient (Wildman–Crippen LogP) is 1.82. The number of rotatable bonds is 7. The number of nitrogens with one attached hydrogen (secondary N) is 1. The Morgan fingerprint density at radius 2 is 1.96 bits per heavy atom. The SMILES string of the molecule is CN(CCOc1ccccc1)C(=O)NCC(C)(C)N1CCOCC1. The Morgan fingerprint density at radius 1 is 1.29 bits per heavy atom. The van der Waals surface area contributed by atoms with Gasteiger partial charge in [0.05, 0.1) is 19.8 Å². The lowest BCUT2D eigenvalue weighted by Gasteiger charge is -2.41. The predicted molar refractivity (Wildman–Crippen MR) is 94.4 cm³/mol. The van der Waals surface area contributed by atoms with Crippen LogP contribution in [0.15, 0.2) is 30.3 Å². The summed E-state index contributed by atoms with van der Waals surface area (Å²) in [5.74, 6) is 0.819. The van der Waals surface area contributed by atoms with Crippen LogP contribution in [0.5, 0.6) is 5.75 Å². The molecule has 1 aromatic rings. The molecule has 1 aromatic carbocycles. The van der Waals surface area contributed by atoms with E-state index in [1.807, 2.05) is 30.3 Å². The summed E-state index contributed by atoms with van der Waals surface area (Å²) in [7, 11) is 1.78. The fourth-order valence-electron chi connectivity index (χ4n) is 2.63. The number of hydrogen-bond donors (Lipinski definition) is 1. The largest absolute Gasteiger partial charge is 0.492 e. The molecule has 1 saturated heterocycles. The van der Waals surface area contributed by atoms with Gasteiger partial charge in [-0.05, 0) is 26.0 Å². The maximum absolute atomic E-state index is 12.2. The molecule has 0 aliphatic carbocycles. The maximum Gasteiger partial charge on any atom is 0.317 e. The molecule has 1 N–H and O–H groups in total. The monoisotopic (exact) mass is 335 g/mol. The summed E-state index contributed by atoms with van der Waals surface area (Å²) in [6, 6.07) is 9.55. The van der Waals surface area contributed by atoms with Gasteiger partial charge in [0, 0.05) is 32.2 Å². The Morgan fingerprint density at radius 3 is 2.62 bits per heavy atom. The summed E-state index contributed by atoms with van der Waals surface area (Å²) >= 11 is 0. The molecule has 1 aliphatic heterocycles. The Labute approximate surface area is 144 Å². The van der Waals surface area contributed by atoms with E-state index in [-0.39, 0.29) is 11.6 Å². The van der Waals surface area contributed by atoms with Crippen molar-refractivity contribution in [3.63, 3.8) is 0 Å². The number of carbonyl (C=O) groups is 1. The van der Waals surface area contributed by atoms with Crippen molar-refractivity contribution < 1.29 is 14.3 Å². The van der Waals surface area contributed by atoms with Crippen LogP contribution in [0, 0.1) is 0 Å². The van der Waals surface area contributed by atoms with Gasteiger partial charge >= 0.3 is 6.03 Å². The average Bonchev–Trinajstić information content (AvgIpc) is 2.61. The third-order valence-electron chi connectivity index (χ3n) is 4.32.